The third-order valence-electron chi connectivity index (χ3n) is 18.5. The number of pyridine rings is 2. The van der Waals surface area contributed by atoms with E-state index < -0.39 is 0 Å². The van der Waals surface area contributed by atoms with E-state index in [1.54, 1.807) is 11.1 Å². The Balaban J connectivity index is 1.10. The van der Waals surface area contributed by atoms with Crippen molar-refractivity contribution in [1.29, 1.82) is 0 Å². The smallest absolute Gasteiger partial charge is 0.145 e. The van der Waals surface area contributed by atoms with Crippen LogP contribution < -0.4 is 0 Å². The van der Waals surface area contributed by atoms with Crippen LogP contribution in [0, 0.1) is 29.1 Å². The minimum absolute atomic E-state index is 0.153. The summed E-state index contributed by atoms with van der Waals surface area (Å²) in [7, 11) is 0. The van der Waals surface area contributed by atoms with Crippen molar-refractivity contribution in [2.24, 2.45) is 29.1 Å². The number of hydrogen-bond acceptors (Lipinski definition) is 3. The molecule has 4 nitrogen and oxygen atoms in total. The van der Waals surface area contributed by atoms with Crippen LogP contribution >= 0.6 is 0 Å². The molecule has 7 unspecified atom stereocenters. The van der Waals surface area contributed by atoms with Crippen LogP contribution in [0.15, 0.2) is 89.6 Å². The Kier molecular flexibility index (Phi) is 5.66. The molecule has 0 N–H and O–H groups in total. The van der Waals surface area contributed by atoms with E-state index >= 15 is 0 Å². The first-order valence-electron chi connectivity index (χ1n) is 23.4. The number of para-hydroxylation sites is 1. The number of aromatic nitrogens is 3. The minimum Gasteiger partial charge on any atom is -0.455 e. The van der Waals surface area contributed by atoms with Gasteiger partial charge in [-0.15, -0.1) is 0 Å². The molecular formula is C56H49N3O. The van der Waals surface area contributed by atoms with Crippen molar-refractivity contribution in [1.82, 2.24) is 14.4 Å². The van der Waals surface area contributed by atoms with E-state index in [0.29, 0.717) is 29.1 Å². The second-order valence-corrected chi connectivity index (χ2v) is 22.1. The first-order valence-corrected chi connectivity index (χ1v) is 23.4. The number of rotatable bonds is 2. The van der Waals surface area contributed by atoms with Crippen molar-refractivity contribution in [3.8, 4) is 22.3 Å². The highest BCUT2D eigenvalue weighted by atomic mass is 16.3. The minimum atomic E-state index is -0.153. The second-order valence-electron chi connectivity index (χ2n) is 22.1. The molecular weight excluding hydrogens is 731 g/mol. The monoisotopic (exact) mass is 779 g/mol. The zero-order valence-electron chi connectivity index (χ0n) is 34.8. The number of fused-ring (bicyclic) bond motifs is 15. The molecule has 8 aliphatic carbocycles. The fourth-order valence-corrected chi connectivity index (χ4v) is 16.6. The third-order valence-corrected chi connectivity index (χ3v) is 18.5. The first-order chi connectivity index (χ1) is 29.3. The Labute approximate surface area is 349 Å². The largest absolute Gasteiger partial charge is 0.455 e. The zero-order valence-corrected chi connectivity index (χ0v) is 34.8. The molecule has 0 aliphatic heterocycles. The van der Waals surface area contributed by atoms with Crippen LogP contribution in [0.5, 0.6) is 0 Å². The van der Waals surface area contributed by atoms with Crippen molar-refractivity contribution in [2.45, 2.75) is 108 Å². The molecule has 8 aliphatic rings. The molecule has 5 heterocycles. The lowest BCUT2D eigenvalue weighted by Crippen LogP contribution is -2.59. The van der Waals surface area contributed by atoms with Gasteiger partial charge in [0, 0.05) is 55.7 Å². The van der Waals surface area contributed by atoms with Crippen LogP contribution in [0.25, 0.3) is 82.3 Å². The third kappa shape index (κ3) is 3.62. The molecule has 5 saturated carbocycles. The van der Waals surface area contributed by atoms with E-state index in [4.69, 9.17) is 14.4 Å². The van der Waals surface area contributed by atoms with E-state index in [-0.39, 0.29) is 5.41 Å². The summed E-state index contributed by atoms with van der Waals surface area (Å²) in [4.78, 5) is 11.2. The summed E-state index contributed by atoms with van der Waals surface area (Å²) >= 11 is 0. The number of furan rings is 1. The lowest BCUT2D eigenvalue weighted by atomic mass is 9.37. The molecule has 4 heteroatoms. The van der Waals surface area contributed by atoms with Gasteiger partial charge in [-0.2, -0.15) is 0 Å². The molecule has 7 atom stereocenters. The van der Waals surface area contributed by atoms with Crippen LogP contribution in [0.4, 0.5) is 0 Å². The van der Waals surface area contributed by atoms with Gasteiger partial charge in [0.05, 0.1) is 34.3 Å². The Bertz CT molecular complexity index is 3400. The van der Waals surface area contributed by atoms with Gasteiger partial charge in [0.1, 0.15) is 11.2 Å². The van der Waals surface area contributed by atoms with Crippen molar-refractivity contribution in [2.75, 3.05) is 0 Å². The number of hydrogen-bond donors (Lipinski definition) is 0. The zero-order chi connectivity index (χ0) is 39.1. The van der Waals surface area contributed by atoms with Gasteiger partial charge in [0.2, 0.25) is 0 Å². The van der Waals surface area contributed by atoms with Crippen LogP contribution in [0.1, 0.15) is 130 Å². The topological polar surface area (TPSA) is 43.3 Å². The predicted octanol–water partition coefficient (Wildman–Crippen LogP) is 14.5. The molecule has 0 radical (unpaired) electrons. The number of nitrogens with zero attached hydrogens (tertiary/aromatic N) is 3. The highest BCUT2D eigenvalue weighted by Gasteiger charge is 2.72. The van der Waals surface area contributed by atoms with Crippen LogP contribution in [0.3, 0.4) is 0 Å². The van der Waals surface area contributed by atoms with E-state index in [1.807, 2.05) is 0 Å². The van der Waals surface area contributed by atoms with Gasteiger partial charge in [-0.1, -0.05) is 87.5 Å². The summed E-state index contributed by atoms with van der Waals surface area (Å²) in [5.41, 5.74) is 18.8. The standard InChI is InChI=1S/C56H49N3O/c1-55(2,3)49-44-38-14-8-13-37(31-12-7-11-30(20-31)29-9-5-4-6-10-29)53(38)60-54(44)48-46-41(25-57-50-33-18-27-15-28(19-33)17-32(16-27)42(46)50)59-40-26-58-51-39-23-36-22-35-21-34(24-56(35,36)39)43(51)45(40)47(49)52(48)59/h4-14,20,25-28,32-36,39H,15-19,21-24H2,1-3H3. The second kappa shape index (κ2) is 10.4. The molecule has 0 saturated heterocycles. The van der Waals surface area contributed by atoms with Crippen molar-refractivity contribution in [3.05, 3.63) is 113 Å². The lowest BCUT2D eigenvalue weighted by molar-refractivity contribution is -0.147. The predicted molar refractivity (Wildman–Crippen MR) is 242 cm³/mol. The summed E-state index contributed by atoms with van der Waals surface area (Å²) in [6.45, 7) is 7.37. The molecule has 5 aromatic heterocycles. The van der Waals surface area contributed by atoms with Crippen LogP contribution in [0.2, 0.25) is 0 Å². The highest BCUT2D eigenvalue weighted by molar-refractivity contribution is 6.36. The van der Waals surface area contributed by atoms with Gasteiger partial charge in [-0.25, -0.2) is 0 Å². The van der Waals surface area contributed by atoms with Crippen LogP contribution in [-0.4, -0.2) is 14.4 Å². The van der Waals surface area contributed by atoms with Gasteiger partial charge in [-0.05, 0) is 144 Å². The lowest BCUT2D eigenvalue weighted by Gasteiger charge is -2.67. The first kappa shape index (κ1) is 32.5. The summed E-state index contributed by atoms with van der Waals surface area (Å²) in [6, 6.07) is 26.8. The normalized spacial score (nSPS) is 30.7. The summed E-state index contributed by atoms with van der Waals surface area (Å²) in [6.07, 6.45) is 16.8. The van der Waals surface area contributed by atoms with E-state index in [1.165, 1.54) is 146 Å². The van der Waals surface area contributed by atoms with Crippen LogP contribution in [-0.2, 0) is 5.41 Å². The van der Waals surface area contributed by atoms with Gasteiger partial charge in [0.15, 0.2) is 0 Å². The summed E-state index contributed by atoms with van der Waals surface area (Å²) in [5, 5.41) is 8.34. The van der Waals surface area contributed by atoms with E-state index in [9.17, 15) is 0 Å². The SMILES string of the molecule is CC(C)(C)c1c2c3cccc(-c4cccc(-c5ccccc5)c4)c3oc2c2c3c4c(ncc3n3c5cnc6c(c5c1c23)C1CC2CC3CC6C23C1)C1CC2CC(C1)CC4C2. The Morgan fingerprint density at radius 1 is 0.600 bits per heavy atom. The molecule has 60 heavy (non-hydrogen) atoms. The maximum Gasteiger partial charge on any atom is 0.145 e. The van der Waals surface area contributed by atoms with Crippen molar-refractivity contribution in [3.63, 3.8) is 0 Å². The molecule has 1 spiro atoms. The van der Waals surface area contributed by atoms with Crippen molar-refractivity contribution >= 4 is 60.0 Å². The average molecular weight is 780 g/mol. The fourth-order valence-electron chi connectivity index (χ4n) is 16.6. The Morgan fingerprint density at radius 2 is 1.30 bits per heavy atom. The fraction of sp³-hybridized carbons (Fsp3) is 0.393. The Morgan fingerprint density at radius 3 is 2.10 bits per heavy atom. The molecule has 4 aromatic carbocycles. The van der Waals surface area contributed by atoms with Gasteiger partial charge in [-0.3, -0.25) is 9.97 Å². The summed E-state index contributed by atoms with van der Waals surface area (Å²) in [5.74, 6) is 5.87. The quantitative estimate of drug-likeness (QED) is 0.175. The van der Waals surface area contributed by atoms with Gasteiger partial charge in [0.25, 0.3) is 0 Å². The highest BCUT2D eigenvalue weighted by Crippen LogP contribution is 2.82. The molecule has 0 amide bonds. The number of benzene rings is 4. The summed E-state index contributed by atoms with van der Waals surface area (Å²) < 4.78 is 10.3. The van der Waals surface area contributed by atoms with E-state index in [0.717, 1.165) is 34.8 Å². The Hall–Kier alpha value is -5.22. The molecule has 5 fully saturated rings. The molecule has 6 bridgehead atoms. The maximum absolute atomic E-state index is 7.67. The molecule has 17 rings (SSSR count). The average Bonchev–Trinajstić information content (AvgIpc) is 3.98. The van der Waals surface area contributed by atoms with Gasteiger partial charge >= 0.3 is 0 Å². The molecule has 294 valence electrons. The van der Waals surface area contributed by atoms with E-state index in [2.05, 4.69) is 110 Å². The molecule has 9 aromatic rings. The van der Waals surface area contributed by atoms with Gasteiger partial charge < -0.3 is 8.82 Å². The maximum atomic E-state index is 7.67. The van der Waals surface area contributed by atoms with Crippen molar-refractivity contribution < 1.29 is 4.42 Å².